The third-order valence-corrected chi connectivity index (χ3v) is 5.45. The topological polar surface area (TPSA) is 93.0 Å². The quantitative estimate of drug-likeness (QED) is 0.504. The van der Waals surface area contributed by atoms with E-state index in [9.17, 15) is 15.4 Å². The first-order valence-electron chi connectivity index (χ1n) is 8.28. The lowest BCUT2D eigenvalue weighted by molar-refractivity contribution is -0.401. The molecular formula is C19H13N3O3. The molecule has 1 saturated carbocycles. The number of hydrogen-bond donors (Lipinski definition) is 0. The van der Waals surface area contributed by atoms with E-state index >= 15 is 0 Å². The van der Waals surface area contributed by atoms with Crippen molar-refractivity contribution < 1.29 is 9.34 Å². The van der Waals surface area contributed by atoms with E-state index in [0.29, 0.717) is 28.9 Å². The molecule has 1 fully saturated rings. The third kappa shape index (κ3) is 1.92. The number of aromatic nitrogens is 1. The zero-order chi connectivity index (χ0) is 17.1. The van der Waals surface area contributed by atoms with Gasteiger partial charge in [-0.1, -0.05) is 0 Å². The first-order valence-corrected chi connectivity index (χ1v) is 8.28. The van der Waals surface area contributed by atoms with Crippen molar-refractivity contribution in [1.82, 2.24) is 4.98 Å². The molecule has 2 aliphatic rings. The molecular weight excluding hydrogens is 318 g/mol. The fourth-order valence-electron chi connectivity index (χ4n) is 4.47. The van der Waals surface area contributed by atoms with E-state index in [1.807, 2.05) is 12.1 Å². The van der Waals surface area contributed by atoms with Crippen LogP contribution in [0.15, 0.2) is 34.7 Å². The van der Waals surface area contributed by atoms with Crippen LogP contribution in [0.4, 0.5) is 5.88 Å². The van der Waals surface area contributed by atoms with Gasteiger partial charge in [0.15, 0.2) is 5.76 Å². The average molecular weight is 331 g/mol. The highest BCUT2D eigenvalue weighted by Gasteiger charge is 2.41. The average Bonchev–Trinajstić information content (AvgIpc) is 3.36. The molecule has 0 spiro atoms. The van der Waals surface area contributed by atoms with Crippen LogP contribution in [0.1, 0.15) is 47.8 Å². The Bertz CT molecular complexity index is 1090. The Morgan fingerprint density at radius 1 is 1.20 bits per heavy atom. The maximum Gasteiger partial charge on any atom is 0.433 e. The molecule has 2 bridgehead atoms. The summed E-state index contributed by atoms with van der Waals surface area (Å²) in [5.74, 6) is 1.07. The molecule has 0 radical (unpaired) electrons. The van der Waals surface area contributed by atoms with Crippen molar-refractivity contribution in [3.8, 4) is 17.5 Å². The monoisotopic (exact) mass is 331 g/mol. The number of fused-ring (bicyclic) bond motifs is 7. The molecule has 6 nitrogen and oxygen atoms in total. The molecule has 6 heteroatoms. The predicted octanol–water partition coefficient (Wildman–Crippen LogP) is 4.64. The van der Waals surface area contributed by atoms with Crippen molar-refractivity contribution in [3.63, 3.8) is 0 Å². The van der Waals surface area contributed by atoms with Gasteiger partial charge in [0.25, 0.3) is 0 Å². The molecule has 122 valence electrons. The van der Waals surface area contributed by atoms with Gasteiger partial charge in [-0.3, -0.25) is 10.1 Å². The smallest absolute Gasteiger partial charge is 0.399 e. The fraction of sp³-hybridized carbons (Fsp3) is 0.263. The predicted molar refractivity (Wildman–Crippen MR) is 90.1 cm³/mol. The summed E-state index contributed by atoms with van der Waals surface area (Å²) < 4.78 is 5.44. The molecule has 2 aromatic heterocycles. The van der Waals surface area contributed by atoms with Gasteiger partial charge in [-0.2, -0.15) is 5.26 Å². The van der Waals surface area contributed by atoms with Gasteiger partial charge in [0.05, 0.1) is 23.2 Å². The van der Waals surface area contributed by atoms with Crippen LogP contribution in [0.2, 0.25) is 0 Å². The molecule has 2 heterocycles. The van der Waals surface area contributed by atoms with Gasteiger partial charge in [-0.05, 0) is 66.5 Å². The number of nitriles is 1. The highest BCUT2D eigenvalue weighted by molar-refractivity contribution is 5.90. The van der Waals surface area contributed by atoms with E-state index in [1.54, 1.807) is 12.1 Å². The Balaban J connectivity index is 1.81. The summed E-state index contributed by atoms with van der Waals surface area (Å²) in [6, 6.07) is 10.7. The SMILES string of the molecule is N#Cc1ccc2nc(-c3ccc([N+](=O)[O-])o3)c3c(c2c1)C1CCC3C1. The Labute approximate surface area is 142 Å². The van der Waals surface area contributed by atoms with Gasteiger partial charge >= 0.3 is 5.88 Å². The second kappa shape index (κ2) is 4.90. The van der Waals surface area contributed by atoms with Crippen LogP contribution in [0.3, 0.4) is 0 Å². The normalized spacial score (nSPS) is 20.6. The van der Waals surface area contributed by atoms with E-state index in [0.717, 1.165) is 35.7 Å². The molecule has 2 unspecified atom stereocenters. The zero-order valence-electron chi connectivity index (χ0n) is 13.2. The molecule has 5 rings (SSSR count). The Morgan fingerprint density at radius 2 is 2.00 bits per heavy atom. The fourth-order valence-corrected chi connectivity index (χ4v) is 4.47. The maximum atomic E-state index is 11.0. The summed E-state index contributed by atoms with van der Waals surface area (Å²) in [5.41, 5.74) is 4.56. The van der Waals surface area contributed by atoms with Crippen LogP contribution in [-0.2, 0) is 0 Å². The number of benzene rings is 1. The van der Waals surface area contributed by atoms with Gasteiger partial charge in [-0.25, -0.2) is 4.98 Å². The van der Waals surface area contributed by atoms with Gasteiger partial charge in [0, 0.05) is 5.39 Å². The van der Waals surface area contributed by atoms with Crippen LogP contribution in [0.25, 0.3) is 22.4 Å². The molecule has 2 atom stereocenters. The second-order valence-electron chi connectivity index (χ2n) is 6.73. The first-order chi connectivity index (χ1) is 12.2. The highest BCUT2D eigenvalue weighted by atomic mass is 16.6. The Morgan fingerprint density at radius 3 is 2.72 bits per heavy atom. The van der Waals surface area contributed by atoms with Crippen molar-refractivity contribution in [2.45, 2.75) is 31.1 Å². The largest absolute Gasteiger partial charge is 0.433 e. The number of nitrogens with zero attached hydrogens (tertiary/aromatic N) is 3. The van der Waals surface area contributed by atoms with Gasteiger partial charge < -0.3 is 4.42 Å². The number of hydrogen-bond acceptors (Lipinski definition) is 5. The summed E-state index contributed by atoms with van der Waals surface area (Å²) in [4.78, 5) is 15.2. The Hall–Kier alpha value is -3.20. The van der Waals surface area contributed by atoms with Crippen LogP contribution < -0.4 is 0 Å². The lowest BCUT2D eigenvalue weighted by atomic mass is 9.87. The number of nitro groups is 1. The van der Waals surface area contributed by atoms with Crippen LogP contribution in [0.5, 0.6) is 0 Å². The summed E-state index contributed by atoms with van der Waals surface area (Å²) >= 11 is 0. The summed E-state index contributed by atoms with van der Waals surface area (Å²) in [6.45, 7) is 0. The van der Waals surface area contributed by atoms with E-state index < -0.39 is 4.92 Å². The Kier molecular flexibility index (Phi) is 2.78. The lowest BCUT2D eigenvalue weighted by Crippen LogP contribution is -2.04. The molecule has 0 aliphatic heterocycles. The summed E-state index contributed by atoms with van der Waals surface area (Å²) in [6.07, 6.45) is 3.34. The molecule has 0 saturated heterocycles. The minimum atomic E-state index is -0.532. The maximum absolute atomic E-state index is 11.0. The van der Waals surface area contributed by atoms with Crippen molar-refractivity contribution in [2.24, 2.45) is 0 Å². The van der Waals surface area contributed by atoms with E-state index in [-0.39, 0.29) is 5.88 Å². The van der Waals surface area contributed by atoms with Crippen molar-refractivity contribution in [3.05, 3.63) is 57.1 Å². The molecule has 3 aromatic rings. The van der Waals surface area contributed by atoms with Crippen molar-refractivity contribution in [1.29, 1.82) is 5.26 Å². The molecule has 0 amide bonds. The van der Waals surface area contributed by atoms with Crippen LogP contribution in [-0.4, -0.2) is 9.91 Å². The van der Waals surface area contributed by atoms with Crippen molar-refractivity contribution >= 4 is 16.8 Å². The lowest BCUT2D eigenvalue weighted by Gasteiger charge is -2.20. The third-order valence-electron chi connectivity index (χ3n) is 5.45. The van der Waals surface area contributed by atoms with E-state index in [2.05, 4.69) is 6.07 Å². The summed E-state index contributed by atoms with van der Waals surface area (Å²) in [5, 5.41) is 21.2. The number of rotatable bonds is 2. The van der Waals surface area contributed by atoms with Gasteiger partial charge in [0.2, 0.25) is 0 Å². The van der Waals surface area contributed by atoms with E-state index in [1.165, 1.54) is 11.6 Å². The second-order valence-corrected chi connectivity index (χ2v) is 6.73. The van der Waals surface area contributed by atoms with Crippen LogP contribution in [0, 0.1) is 21.4 Å². The molecule has 2 aliphatic carbocycles. The van der Waals surface area contributed by atoms with Crippen molar-refractivity contribution in [2.75, 3.05) is 0 Å². The summed E-state index contributed by atoms with van der Waals surface area (Å²) in [7, 11) is 0. The minimum Gasteiger partial charge on any atom is -0.399 e. The molecule has 0 N–H and O–H groups in total. The molecule has 1 aromatic carbocycles. The molecule has 25 heavy (non-hydrogen) atoms. The highest BCUT2D eigenvalue weighted by Crippen LogP contribution is 2.57. The van der Waals surface area contributed by atoms with Gasteiger partial charge in [-0.15, -0.1) is 0 Å². The standard InChI is InChI=1S/C19H13N3O3/c20-9-10-1-4-14-13(7-10)17-11-2-3-12(8-11)18(17)19(21-14)15-5-6-16(25-15)22(23)24/h1,4-7,11-12H,2-3,8H2. The first kappa shape index (κ1) is 14.2. The van der Waals surface area contributed by atoms with Crippen LogP contribution >= 0.6 is 0 Å². The van der Waals surface area contributed by atoms with E-state index in [4.69, 9.17) is 9.40 Å². The van der Waals surface area contributed by atoms with Gasteiger partial charge in [0.1, 0.15) is 10.6 Å². The number of pyridine rings is 1. The minimum absolute atomic E-state index is 0.270. The number of furan rings is 1. The zero-order valence-corrected chi connectivity index (χ0v) is 13.2.